The van der Waals surface area contributed by atoms with Gasteiger partial charge in [-0.05, 0) is 56.1 Å². The van der Waals surface area contributed by atoms with Gasteiger partial charge in [0, 0.05) is 12.2 Å². The summed E-state index contributed by atoms with van der Waals surface area (Å²) in [6.07, 6.45) is 5.49. The zero-order chi connectivity index (χ0) is 11.4. The molecule has 2 N–H and O–H groups in total. The topological polar surface area (TPSA) is 29.3 Å². The minimum atomic E-state index is 0.885. The summed E-state index contributed by atoms with van der Waals surface area (Å²) in [7, 11) is 0. The van der Waals surface area contributed by atoms with Crippen molar-refractivity contribution in [3.63, 3.8) is 0 Å². The first-order valence-corrected chi connectivity index (χ1v) is 6.33. The van der Waals surface area contributed by atoms with E-state index in [-0.39, 0.29) is 0 Å². The maximum Gasteiger partial charge on any atom is 0.0317 e. The number of anilines is 1. The molecule has 16 heavy (non-hydrogen) atoms. The molecule has 1 aliphatic rings. The van der Waals surface area contributed by atoms with Crippen LogP contribution in [0.3, 0.4) is 0 Å². The van der Waals surface area contributed by atoms with Crippen molar-refractivity contribution in [3.8, 4) is 0 Å². The molecule has 2 heteroatoms. The molecule has 0 aliphatic carbocycles. The molecule has 1 saturated heterocycles. The summed E-state index contributed by atoms with van der Waals surface area (Å²) in [5.41, 5.74) is 9.48. The second kappa shape index (κ2) is 5.35. The van der Waals surface area contributed by atoms with Crippen LogP contribution in [-0.4, -0.2) is 18.0 Å². The number of hydrogen-bond acceptors (Lipinski definition) is 2. The van der Waals surface area contributed by atoms with E-state index in [0.29, 0.717) is 0 Å². The number of aryl methyl sites for hydroxylation is 1. The van der Waals surface area contributed by atoms with Crippen LogP contribution in [0.5, 0.6) is 0 Å². The van der Waals surface area contributed by atoms with Crippen molar-refractivity contribution in [1.29, 1.82) is 0 Å². The molecule has 1 aliphatic heterocycles. The van der Waals surface area contributed by atoms with Crippen molar-refractivity contribution >= 4 is 5.69 Å². The lowest BCUT2D eigenvalue weighted by atomic mass is 10.1. The van der Waals surface area contributed by atoms with Gasteiger partial charge < -0.3 is 5.73 Å². The number of nitrogens with zero attached hydrogens (tertiary/aromatic N) is 1. The highest BCUT2D eigenvalue weighted by molar-refractivity contribution is 5.44. The highest BCUT2D eigenvalue weighted by Gasteiger charge is 2.10. The van der Waals surface area contributed by atoms with Gasteiger partial charge in [0.1, 0.15) is 0 Å². The molecule has 0 aromatic heterocycles. The summed E-state index contributed by atoms with van der Waals surface area (Å²) in [6, 6.07) is 6.24. The molecule has 0 radical (unpaired) electrons. The summed E-state index contributed by atoms with van der Waals surface area (Å²) in [6.45, 7) is 5.73. The molecule has 2 rings (SSSR count). The van der Waals surface area contributed by atoms with E-state index in [0.717, 1.165) is 12.2 Å². The number of benzene rings is 1. The maximum absolute atomic E-state index is 5.84. The standard InChI is InChI=1S/C14H22N2/c1-12-6-7-14(15)10-13(12)11-16-8-4-2-3-5-9-16/h6-7,10H,2-5,8-9,11,15H2,1H3. The summed E-state index contributed by atoms with van der Waals surface area (Å²) < 4.78 is 0. The SMILES string of the molecule is Cc1ccc(N)cc1CN1CCCCCC1. The Morgan fingerprint density at radius 1 is 1.12 bits per heavy atom. The molecule has 0 bridgehead atoms. The van der Waals surface area contributed by atoms with Crippen LogP contribution in [0, 0.1) is 6.92 Å². The molecule has 0 unspecified atom stereocenters. The van der Waals surface area contributed by atoms with E-state index in [1.165, 1.54) is 49.9 Å². The van der Waals surface area contributed by atoms with Gasteiger partial charge in [-0.1, -0.05) is 18.9 Å². The summed E-state index contributed by atoms with van der Waals surface area (Å²) in [4.78, 5) is 2.56. The first-order chi connectivity index (χ1) is 7.75. The Kier molecular flexibility index (Phi) is 3.83. The molecule has 88 valence electrons. The molecular weight excluding hydrogens is 196 g/mol. The zero-order valence-corrected chi connectivity index (χ0v) is 10.2. The van der Waals surface area contributed by atoms with Crippen LogP contribution >= 0.6 is 0 Å². The molecule has 1 aromatic rings. The fourth-order valence-corrected chi connectivity index (χ4v) is 2.40. The second-order valence-corrected chi connectivity index (χ2v) is 4.88. The quantitative estimate of drug-likeness (QED) is 0.773. The zero-order valence-electron chi connectivity index (χ0n) is 10.2. The van der Waals surface area contributed by atoms with E-state index in [1.54, 1.807) is 0 Å². The summed E-state index contributed by atoms with van der Waals surface area (Å²) in [5.74, 6) is 0. The average molecular weight is 218 g/mol. The van der Waals surface area contributed by atoms with Crippen molar-refractivity contribution < 1.29 is 0 Å². The molecule has 2 nitrogen and oxygen atoms in total. The van der Waals surface area contributed by atoms with Gasteiger partial charge in [0.25, 0.3) is 0 Å². The number of hydrogen-bond donors (Lipinski definition) is 1. The van der Waals surface area contributed by atoms with Gasteiger partial charge in [0.2, 0.25) is 0 Å². The van der Waals surface area contributed by atoms with E-state index >= 15 is 0 Å². The van der Waals surface area contributed by atoms with Crippen molar-refractivity contribution in [2.24, 2.45) is 0 Å². The molecule has 0 spiro atoms. The van der Waals surface area contributed by atoms with E-state index in [1.807, 2.05) is 6.07 Å². The predicted molar refractivity (Wildman–Crippen MR) is 69.3 cm³/mol. The van der Waals surface area contributed by atoms with Crippen LogP contribution in [0.1, 0.15) is 36.8 Å². The van der Waals surface area contributed by atoms with Gasteiger partial charge in [-0.2, -0.15) is 0 Å². The average Bonchev–Trinajstić information content (AvgIpc) is 2.52. The van der Waals surface area contributed by atoms with E-state index in [2.05, 4.69) is 24.0 Å². The van der Waals surface area contributed by atoms with Gasteiger partial charge in [0.15, 0.2) is 0 Å². The third kappa shape index (κ3) is 2.99. The fourth-order valence-electron chi connectivity index (χ4n) is 2.40. The molecule has 1 heterocycles. The van der Waals surface area contributed by atoms with E-state index < -0.39 is 0 Å². The minimum Gasteiger partial charge on any atom is -0.399 e. The smallest absolute Gasteiger partial charge is 0.0317 e. The second-order valence-electron chi connectivity index (χ2n) is 4.88. The number of nitrogen functional groups attached to an aromatic ring is 1. The monoisotopic (exact) mass is 218 g/mol. The first kappa shape index (κ1) is 11.5. The van der Waals surface area contributed by atoms with Gasteiger partial charge in [-0.15, -0.1) is 0 Å². The minimum absolute atomic E-state index is 0.885. The Hall–Kier alpha value is -1.02. The van der Waals surface area contributed by atoms with Gasteiger partial charge in [-0.25, -0.2) is 0 Å². The number of rotatable bonds is 2. The summed E-state index contributed by atoms with van der Waals surface area (Å²) in [5, 5.41) is 0. The molecule has 0 atom stereocenters. The highest BCUT2D eigenvalue weighted by Crippen LogP contribution is 2.17. The van der Waals surface area contributed by atoms with E-state index in [9.17, 15) is 0 Å². The van der Waals surface area contributed by atoms with Gasteiger partial charge in [-0.3, -0.25) is 4.90 Å². The van der Waals surface area contributed by atoms with Crippen molar-refractivity contribution in [1.82, 2.24) is 4.90 Å². The predicted octanol–water partition coefficient (Wildman–Crippen LogP) is 2.95. The first-order valence-electron chi connectivity index (χ1n) is 6.33. The van der Waals surface area contributed by atoms with Crippen LogP contribution in [0.2, 0.25) is 0 Å². The molecule has 0 saturated carbocycles. The Morgan fingerprint density at radius 3 is 2.50 bits per heavy atom. The van der Waals surface area contributed by atoms with Crippen LogP contribution in [0.15, 0.2) is 18.2 Å². The molecule has 0 amide bonds. The fraction of sp³-hybridized carbons (Fsp3) is 0.571. The van der Waals surface area contributed by atoms with Crippen LogP contribution in [0.4, 0.5) is 5.69 Å². The highest BCUT2D eigenvalue weighted by atomic mass is 15.1. The lowest BCUT2D eigenvalue weighted by Crippen LogP contribution is -2.24. The van der Waals surface area contributed by atoms with Crippen molar-refractivity contribution in [3.05, 3.63) is 29.3 Å². The van der Waals surface area contributed by atoms with Crippen LogP contribution < -0.4 is 5.73 Å². The van der Waals surface area contributed by atoms with Crippen molar-refractivity contribution in [2.75, 3.05) is 18.8 Å². The normalized spacial score (nSPS) is 18.3. The van der Waals surface area contributed by atoms with Crippen LogP contribution in [0.25, 0.3) is 0 Å². The van der Waals surface area contributed by atoms with Gasteiger partial charge >= 0.3 is 0 Å². The number of likely N-dealkylation sites (tertiary alicyclic amines) is 1. The van der Waals surface area contributed by atoms with Crippen molar-refractivity contribution in [2.45, 2.75) is 39.2 Å². The Morgan fingerprint density at radius 2 is 1.81 bits per heavy atom. The molecule has 1 fully saturated rings. The lowest BCUT2D eigenvalue weighted by Gasteiger charge is -2.21. The third-order valence-corrected chi connectivity index (χ3v) is 3.47. The van der Waals surface area contributed by atoms with Gasteiger partial charge in [0.05, 0.1) is 0 Å². The maximum atomic E-state index is 5.84. The summed E-state index contributed by atoms with van der Waals surface area (Å²) >= 11 is 0. The Bertz CT molecular complexity index is 339. The lowest BCUT2D eigenvalue weighted by molar-refractivity contribution is 0.276. The third-order valence-electron chi connectivity index (χ3n) is 3.47. The number of nitrogens with two attached hydrogens (primary N) is 1. The largest absolute Gasteiger partial charge is 0.399 e. The molecular formula is C14H22N2. The van der Waals surface area contributed by atoms with E-state index in [4.69, 9.17) is 5.73 Å². The Balaban J connectivity index is 2.04. The Labute approximate surface area is 98.4 Å². The molecule has 1 aromatic carbocycles. The van der Waals surface area contributed by atoms with Crippen LogP contribution in [-0.2, 0) is 6.54 Å².